The number of hydrogen-bond donors (Lipinski definition) is 1. The van der Waals surface area contributed by atoms with E-state index >= 15 is 0 Å². The molecule has 24 heavy (non-hydrogen) atoms. The van der Waals surface area contributed by atoms with Crippen LogP contribution in [0.5, 0.6) is 5.75 Å². The normalized spacial score (nSPS) is 12.5. The molecule has 0 unspecified atom stereocenters. The summed E-state index contributed by atoms with van der Waals surface area (Å²) in [6, 6.07) is 15.5. The average Bonchev–Trinajstić information content (AvgIpc) is 2.51. The van der Waals surface area contributed by atoms with Crippen LogP contribution in [0.4, 0.5) is 0 Å². The van der Waals surface area contributed by atoms with Crippen molar-refractivity contribution in [2.24, 2.45) is 0 Å². The molecular weight excluding hydrogens is 322 g/mol. The summed E-state index contributed by atoms with van der Waals surface area (Å²) < 4.78 is 5.74. The van der Waals surface area contributed by atoms with Crippen molar-refractivity contribution < 1.29 is 9.53 Å². The van der Waals surface area contributed by atoms with Crippen LogP contribution in [0.15, 0.2) is 48.5 Å². The highest BCUT2D eigenvalue weighted by Gasteiger charge is 2.25. The van der Waals surface area contributed by atoms with Crippen LogP contribution in [0.2, 0.25) is 5.02 Å². The fourth-order valence-corrected chi connectivity index (χ4v) is 2.65. The van der Waals surface area contributed by atoms with Gasteiger partial charge in [0, 0.05) is 10.6 Å². The number of nitrogens with one attached hydrogen (secondary N) is 1. The molecule has 128 valence electrons. The monoisotopic (exact) mass is 345 g/mol. The quantitative estimate of drug-likeness (QED) is 0.833. The van der Waals surface area contributed by atoms with Crippen LogP contribution in [0.25, 0.3) is 0 Å². The van der Waals surface area contributed by atoms with Crippen molar-refractivity contribution in [3.05, 3.63) is 64.7 Å². The highest BCUT2D eigenvalue weighted by molar-refractivity contribution is 6.31. The van der Waals surface area contributed by atoms with E-state index in [1.807, 2.05) is 45.0 Å². The van der Waals surface area contributed by atoms with E-state index in [0.29, 0.717) is 10.8 Å². The van der Waals surface area contributed by atoms with Gasteiger partial charge in [-0.2, -0.15) is 0 Å². The minimum atomic E-state index is -0.583. The van der Waals surface area contributed by atoms with Crippen LogP contribution < -0.4 is 10.1 Å². The van der Waals surface area contributed by atoms with E-state index in [4.69, 9.17) is 16.3 Å². The minimum Gasteiger partial charge on any atom is -0.481 e. The zero-order chi connectivity index (χ0) is 17.7. The molecule has 2 rings (SSSR count). The molecule has 0 spiro atoms. The molecule has 0 aliphatic rings. The molecule has 0 aliphatic carbocycles. The third kappa shape index (κ3) is 5.27. The van der Waals surface area contributed by atoms with Crippen molar-refractivity contribution in [2.75, 3.05) is 0 Å². The van der Waals surface area contributed by atoms with Gasteiger partial charge in [0.1, 0.15) is 5.75 Å². The van der Waals surface area contributed by atoms with Gasteiger partial charge in [0.05, 0.1) is 0 Å². The van der Waals surface area contributed by atoms with Crippen molar-refractivity contribution in [1.82, 2.24) is 5.32 Å². The molecule has 3 nitrogen and oxygen atoms in total. The molecule has 0 heterocycles. The van der Waals surface area contributed by atoms with Crippen LogP contribution in [-0.2, 0) is 11.2 Å². The Morgan fingerprint density at radius 3 is 2.50 bits per heavy atom. The van der Waals surface area contributed by atoms with Gasteiger partial charge in [-0.25, -0.2) is 0 Å². The first-order valence-corrected chi connectivity index (χ1v) is 8.43. The smallest absolute Gasteiger partial charge is 0.261 e. The number of aryl methyl sites for hydroxylation is 1. The van der Waals surface area contributed by atoms with E-state index in [-0.39, 0.29) is 11.4 Å². The molecule has 1 amide bonds. The summed E-state index contributed by atoms with van der Waals surface area (Å²) >= 11 is 6.01. The molecule has 0 radical (unpaired) electrons. The standard InChI is InChI=1S/C20H24ClNO2/c1-14-12-17(10-11-18(14)21)24-15(2)19(23)22-20(3,4)13-16-8-6-5-7-9-16/h5-12,15H,13H2,1-4H3,(H,22,23)/t15-/m0/s1. The summed E-state index contributed by atoms with van der Waals surface area (Å²) in [5, 5.41) is 3.74. The van der Waals surface area contributed by atoms with Crippen molar-refractivity contribution in [3.8, 4) is 5.75 Å². The molecule has 1 N–H and O–H groups in total. The molecule has 1 atom stereocenters. The molecule has 4 heteroatoms. The maximum atomic E-state index is 12.4. The first kappa shape index (κ1) is 18.3. The lowest BCUT2D eigenvalue weighted by atomic mass is 9.94. The summed E-state index contributed by atoms with van der Waals surface area (Å²) in [5.41, 5.74) is 1.75. The third-order valence-electron chi connectivity index (χ3n) is 3.76. The number of amides is 1. The Balaban J connectivity index is 1.96. The largest absolute Gasteiger partial charge is 0.481 e. The Kier molecular flexibility index (Phi) is 5.89. The minimum absolute atomic E-state index is 0.136. The van der Waals surface area contributed by atoms with Crippen LogP contribution >= 0.6 is 11.6 Å². The predicted octanol–water partition coefficient (Wildman–Crippen LogP) is 4.55. The fraction of sp³-hybridized carbons (Fsp3) is 0.350. The number of carbonyl (C=O) groups excluding carboxylic acids is 1. The highest BCUT2D eigenvalue weighted by Crippen LogP contribution is 2.22. The lowest BCUT2D eigenvalue weighted by molar-refractivity contribution is -0.128. The van der Waals surface area contributed by atoms with E-state index in [0.717, 1.165) is 12.0 Å². The number of halogens is 1. The molecule has 2 aromatic rings. The lowest BCUT2D eigenvalue weighted by Gasteiger charge is -2.28. The molecule has 2 aromatic carbocycles. The van der Waals surface area contributed by atoms with Crippen molar-refractivity contribution >= 4 is 17.5 Å². The topological polar surface area (TPSA) is 38.3 Å². The zero-order valence-electron chi connectivity index (χ0n) is 14.6. The summed E-state index contributed by atoms with van der Waals surface area (Å²) in [6.07, 6.45) is 0.174. The van der Waals surface area contributed by atoms with Gasteiger partial charge in [-0.1, -0.05) is 41.9 Å². The third-order valence-corrected chi connectivity index (χ3v) is 4.19. The molecule has 0 bridgehead atoms. The molecule has 0 aliphatic heterocycles. The van der Waals surface area contributed by atoms with Crippen LogP contribution in [0, 0.1) is 6.92 Å². The van der Waals surface area contributed by atoms with Gasteiger partial charge < -0.3 is 10.1 Å². The molecule has 0 saturated heterocycles. The van der Waals surface area contributed by atoms with Crippen molar-refractivity contribution in [1.29, 1.82) is 0 Å². The second-order valence-corrected chi connectivity index (χ2v) is 7.11. The second kappa shape index (κ2) is 7.71. The number of ether oxygens (including phenoxy) is 1. The lowest BCUT2D eigenvalue weighted by Crippen LogP contribution is -2.49. The Morgan fingerprint density at radius 1 is 1.21 bits per heavy atom. The van der Waals surface area contributed by atoms with E-state index < -0.39 is 6.10 Å². The van der Waals surface area contributed by atoms with Crippen LogP contribution in [0.1, 0.15) is 31.9 Å². The zero-order valence-corrected chi connectivity index (χ0v) is 15.4. The van der Waals surface area contributed by atoms with Gasteiger partial charge in [0.15, 0.2) is 6.10 Å². The Bertz CT molecular complexity index is 698. The summed E-state index contributed by atoms with van der Waals surface area (Å²) in [4.78, 5) is 12.4. The van der Waals surface area contributed by atoms with E-state index in [2.05, 4.69) is 17.4 Å². The molecule has 0 saturated carbocycles. The van der Waals surface area contributed by atoms with Gasteiger partial charge >= 0.3 is 0 Å². The average molecular weight is 346 g/mol. The maximum absolute atomic E-state index is 12.4. The number of hydrogen-bond acceptors (Lipinski definition) is 2. The summed E-state index contributed by atoms with van der Waals surface area (Å²) in [6.45, 7) is 7.68. The fourth-order valence-electron chi connectivity index (χ4n) is 2.53. The number of benzene rings is 2. The second-order valence-electron chi connectivity index (χ2n) is 6.71. The molecular formula is C20H24ClNO2. The predicted molar refractivity (Wildman–Crippen MR) is 98.6 cm³/mol. The SMILES string of the molecule is Cc1cc(O[C@@H](C)C(=O)NC(C)(C)Cc2ccccc2)ccc1Cl. The van der Waals surface area contributed by atoms with Gasteiger partial charge in [-0.15, -0.1) is 0 Å². The van der Waals surface area contributed by atoms with Crippen LogP contribution in [-0.4, -0.2) is 17.6 Å². The summed E-state index contributed by atoms with van der Waals surface area (Å²) in [7, 11) is 0. The summed E-state index contributed by atoms with van der Waals surface area (Å²) in [5.74, 6) is 0.504. The molecule has 0 aromatic heterocycles. The van der Waals surface area contributed by atoms with Gasteiger partial charge in [-0.3, -0.25) is 4.79 Å². The Morgan fingerprint density at radius 2 is 1.88 bits per heavy atom. The Labute approximate surface area is 149 Å². The maximum Gasteiger partial charge on any atom is 0.261 e. The van der Waals surface area contributed by atoms with Gasteiger partial charge in [0.25, 0.3) is 5.91 Å². The number of carbonyl (C=O) groups is 1. The first-order valence-electron chi connectivity index (χ1n) is 8.05. The van der Waals surface area contributed by atoms with Crippen molar-refractivity contribution in [3.63, 3.8) is 0 Å². The van der Waals surface area contributed by atoms with Crippen LogP contribution in [0.3, 0.4) is 0 Å². The molecule has 0 fully saturated rings. The van der Waals surface area contributed by atoms with Crippen molar-refractivity contribution in [2.45, 2.75) is 45.8 Å². The van der Waals surface area contributed by atoms with E-state index in [1.165, 1.54) is 5.56 Å². The van der Waals surface area contributed by atoms with E-state index in [9.17, 15) is 4.79 Å². The first-order chi connectivity index (χ1) is 11.3. The number of rotatable bonds is 6. The Hall–Kier alpha value is -2.00. The highest BCUT2D eigenvalue weighted by atomic mass is 35.5. The van der Waals surface area contributed by atoms with Gasteiger partial charge in [0.2, 0.25) is 0 Å². The van der Waals surface area contributed by atoms with Gasteiger partial charge in [-0.05, 0) is 63.4 Å². The van der Waals surface area contributed by atoms with E-state index in [1.54, 1.807) is 19.1 Å².